The topological polar surface area (TPSA) is 54.2 Å². The number of hydrogen-bond donors (Lipinski definition) is 2. The third-order valence-electron chi connectivity index (χ3n) is 4.21. The van der Waals surface area contributed by atoms with Crippen LogP contribution in [0.2, 0.25) is 0 Å². The van der Waals surface area contributed by atoms with Gasteiger partial charge >= 0.3 is 0 Å². The summed E-state index contributed by atoms with van der Waals surface area (Å²) >= 11 is 0. The predicted octanol–water partition coefficient (Wildman–Crippen LogP) is 3.34. The third kappa shape index (κ3) is 5.86. The molecule has 1 atom stereocenters. The van der Waals surface area contributed by atoms with Crippen LogP contribution in [-0.2, 0) is 13.1 Å². The maximum Gasteiger partial charge on any atom is 0.191 e. The van der Waals surface area contributed by atoms with Crippen LogP contribution in [0.3, 0.4) is 0 Å². The minimum Gasteiger partial charge on any atom is -0.357 e. The van der Waals surface area contributed by atoms with E-state index in [0.29, 0.717) is 18.0 Å². The Balaban J connectivity index is 1.91. The highest BCUT2D eigenvalue weighted by atomic mass is 19.1. The summed E-state index contributed by atoms with van der Waals surface area (Å²) in [7, 11) is 0. The monoisotopic (exact) mass is 359 g/mol. The van der Waals surface area contributed by atoms with Gasteiger partial charge in [-0.25, -0.2) is 9.38 Å². The van der Waals surface area contributed by atoms with Crippen molar-refractivity contribution in [1.29, 1.82) is 0 Å². The lowest BCUT2D eigenvalue weighted by Gasteiger charge is -2.16. The van der Waals surface area contributed by atoms with Crippen molar-refractivity contribution in [2.24, 2.45) is 10.9 Å². The van der Waals surface area contributed by atoms with Crippen LogP contribution in [0.5, 0.6) is 0 Å². The van der Waals surface area contributed by atoms with Gasteiger partial charge in [-0.05, 0) is 56.9 Å². The van der Waals surface area contributed by atoms with Crippen molar-refractivity contribution in [3.63, 3.8) is 0 Å². The van der Waals surface area contributed by atoms with Gasteiger partial charge in [0.2, 0.25) is 0 Å². The first-order valence-corrected chi connectivity index (χ1v) is 9.17. The van der Waals surface area contributed by atoms with Crippen LogP contribution < -0.4 is 10.6 Å². The average Bonchev–Trinajstić information content (AvgIpc) is 2.90. The van der Waals surface area contributed by atoms with Crippen molar-refractivity contribution < 1.29 is 4.39 Å². The number of aliphatic imine (C=N–C) groups is 1. The zero-order chi connectivity index (χ0) is 19.1. The van der Waals surface area contributed by atoms with Gasteiger partial charge in [0.15, 0.2) is 5.96 Å². The van der Waals surface area contributed by atoms with Crippen LogP contribution in [0.25, 0.3) is 0 Å². The molecule has 0 radical (unpaired) electrons. The van der Waals surface area contributed by atoms with Gasteiger partial charge in [0, 0.05) is 25.3 Å². The zero-order valence-corrected chi connectivity index (χ0v) is 16.4. The highest BCUT2D eigenvalue weighted by Crippen LogP contribution is 2.10. The molecule has 2 aromatic rings. The molecule has 26 heavy (non-hydrogen) atoms. The number of nitrogens with zero attached hydrogens (tertiary/aromatic N) is 3. The molecule has 0 amide bonds. The van der Waals surface area contributed by atoms with Crippen LogP contribution in [0, 0.1) is 32.5 Å². The van der Waals surface area contributed by atoms with E-state index in [-0.39, 0.29) is 5.82 Å². The van der Waals surface area contributed by atoms with Gasteiger partial charge in [-0.15, -0.1) is 0 Å². The minimum absolute atomic E-state index is 0.186. The summed E-state index contributed by atoms with van der Waals surface area (Å²) in [4.78, 5) is 4.56. The van der Waals surface area contributed by atoms with E-state index in [1.54, 1.807) is 19.1 Å². The Labute approximate surface area is 155 Å². The molecule has 0 spiro atoms. The maximum atomic E-state index is 13.7. The normalized spacial score (nSPS) is 12.9. The van der Waals surface area contributed by atoms with Crippen molar-refractivity contribution in [2.45, 2.75) is 47.7 Å². The van der Waals surface area contributed by atoms with Gasteiger partial charge < -0.3 is 10.6 Å². The lowest BCUT2D eigenvalue weighted by molar-refractivity contribution is 0.436. The fourth-order valence-corrected chi connectivity index (χ4v) is 2.74. The van der Waals surface area contributed by atoms with Crippen LogP contribution in [0.4, 0.5) is 4.39 Å². The van der Waals surface area contributed by atoms with Crippen molar-refractivity contribution >= 4 is 5.96 Å². The van der Waals surface area contributed by atoms with Crippen molar-refractivity contribution in [3.05, 3.63) is 52.6 Å². The number of halogens is 1. The second-order valence-corrected chi connectivity index (χ2v) is 6.87. The van der Waals surface area contributed by atoms with Gasteiger partial charge in [0.25, 0.3) is 0 Å². The molecule has 0 fully saturated rings. The Kier molecular flexibility index (Phi) is 7.18. The lowest BCUT2D eigenvalue weighted by Crippen LogP contribution is -2.40. The number of aromatic nitrogens is 2. The van der Waals surface area contributed by atoms with Crippen molar-refractivity contribution in [2.75, 3.05) is 13.1 Å². The van der Waals surface area contributed by atoms with Gasteiger partial charge in [0.1, 0.15) is 5.82 Å². The Morgan fingerprint density at radius 3 is 2.62 bits per heavy atom. The first kappa shape index (κ1) is 19.9. The molecular formula is C20H30FN5. The van der Waals surface area contributed by atoms with E-state index in [4.69, 9.17) is 0 Å². The van der Waals surface area contributed by atoms with E-state index in [0.717, 1.165) is 36.9 Å². The first-order valence-electron chi connectivity index (χ1n) is 9.17. The van der Waals surface area contributed by atoms with E-state index in [1.165, 1.54) is 5.69 Å². The molecule has 2 N–H and O–H groups in total. The average molecular weight is 359 g/mol. The summed E-state index contributed by atoms with van der Waals surface area (Å²) in [5.41, 5.74) is 3.74. The number of guanidine groups is 1. The van der Waals surface area contributed by atoms with Gasteiger partial charge in [-0.1, -0.05) is 19.1 Å². The van der Waals surface area contributed by atoms with E-state index in [1.807, 2.05) is 24.6 Å². The molecule has 2 rings (SSSR count). The Hall–Kier alpha value is -2.37. The molecule has 1 unspecified atom stereocenters. The molecule has 0 saturated carbocycles. The quantitative estimate of drug-likeness (QED) is 0.589. The Morgan fingerprint density at radius 2 is 2.00 bits per heavy atom. The number of benzene rings is 1. The van der Waals surface area contributed by atoms with E-state index in [9.17, 15) is 4.39 Å². The lowest BCUT2D eigenvalue weighted by atomic mass is 10.1. The van der Waals surface area contributed by atoms with Gasteiger partial charge in [-0.2, -0.15) is 5.10 Å². The van der Waals surface area contributed by atoms with Gasteiger partial charge in [0.05, 0.1) is 12.2 Å². The number of hydrogen-bond acceptors (Lipinski definition) is 2. The maximum absolute atomic E-state index is 13.7. The van der Waals surface area contributed by atoms with Crippen molar-refractivity contribution in [1.82, 2.24) is 20.4 Å². The van der Waals surface area contributed by atoms with E-state index < -0.39 is 0 Å². The SMILES string of the molecule is CCNC(=NCc1ccc(C)c(F)c1)NCC(C)Cn1nc(C)cc1C. The molecule has 1 aromatic heterocycles. The third-order valence-corrected chi connectivity index (χ3v) is 4.21. The molecule has 142 valence electrons. The summed E-state index contributed by atoms with van der Waals surface area (Å²) in [5, 5.41) is 11.1. The molecular weight excluding hydrogens is 329 g/mol. The van der Waals surface area contributed by atoms with E-state index in [2.05, 4.69) is 40.6 Å². The Bertz CT molecular complexity index is 751. The summed E-state index contributed by atoms with van der Waals surface area (Å²) in [6, 6.07) is 7.34. The minimum atomic E-state index is -0.186. The molecule has 0 aliphatic carbocycles. The zero-order valence-electron chi connectivity index (χ0n) is 16.4. The summed E-state index contributed by atoms with van der Waals surface area (Å²) in [5.74, 6) is 0.955. The Morgan fingerprint density at radius 1 is 1.23 bits per heavy atom. The summed E-state index contributed by atoms with van der Waals surface area (Å²) in [6.07, 6.45) is 0. The molecule has 5 nitrogen and oxygen atoms in total. The number of nitrogens with one attached hydrogen (secondary N) is 2. The van der Waals surface area contributed by atoms with Crippen LogP contribution in [0.15, 0.2) is 29.3 Å². The number of rotatable bonds is 7. The van der Waals surface area contributed by atoms with Crippen LogP contribution in [-0.4, -0.2) is 28.8 Å². The molecule has 0 aliphatic rings. The first-order chi connectivity index (χ1) is 12.4. The molecule has 1 heterocycles. The molecule has 0 aliphatic heterocycles. The molecule has 0 saturated heterocycles. The fourth-order valence-electron chi connectivity index (χ4n) is 2.74. The summed E-state index contributed by atoms with van der Waals surface area (Å²) in [6.45, 7) is 12.9. The second kappa shape index (κ2) is 9.36. The summed E-state index contributed by atoms with van der Waals surface area (Å²) < 4.78 is 15.7. The second-order valence-electron chi connectivity index (χ2n) is 6.87. The largest absolute Gasteiger partial charge is 0.357 e. The van der Waals surface area contributed by atoms with E-state index >= 15 is 0 Å². The molecule has 0 bridgehead atoms. The highest BCUT2D eigenvalue weighted by molar-refractivity contribution is 5.79. The van der Waals surface area contributed by atoms with Crippen molar-refractivity contribution in [3.8, 4) is 0 Å². The fraction of sp³-hybridized carbons (Fsp3) is 0.500. The standard InChI is InChI=1S/C20H30FN5/c1-6-22-20(24-12-18-8-7-15(3)19(21)10-18)23-11-14(2)13-26-17(5)9-16(4)25-26/h7-10,14H,6,11-13H2,1-5H3,(H2,22,23,24). The van der Waals surface area contributed by atoms with Crippen LogP contribution in [0.1, 0.15) is 36.4 Å². The van der Waals surface area contributed by atoms with Gasteiger partial charge in [-0.3, -0.25) is 4.68 Å². The predicted molar refractivity (Wildman–Crippen MR) is 105 cm³/mol. The van der Waals surface area contributed by atoms with Crippen LogP contribution >= 0.6 is 0 Å². The molecule has 1 aromatic carbocycles. The number of aryl methyl sites for hydroxylation is 3. The molecule has 6 heteroatoms. The smallest absolute Gasteiger partial charge is 0.191 e. The highest BCUT2D eigenvalue weighted by Gasteiger charge is 2.08.